The summed E-state index contributed by atoms with van der Waals surface area (Å²) >= 11 is 0. The number of halogens is 1. The first-order valence-corrected chi connectivity index (χ1v) is 6.13. The summed E-state index contributed by atoms with van der Waals surface area (Å²) in [5.41, 5.74) is 1.84. The molecule has 2 atom stereocenters. The van der Waals surface area contributed by atoms with Crippen LogP contribution in [0.5, 0.6) is 0 Å². The second-order valence-electron chi connectivity index (χ2n) is 4.24. The zero-order valence-corrected chi connectivity index (χ0v) is 10.7. The van der Waals surface area contributed by atoms with Crippen LogP contribution in [0.2, 0.25) is 0 Å². The highest BCUT2D eigenvalue weighted by Gasteiger charge is 2.18. The average molecular weight is 240 g/mol. The molecule has 1 aromatic carbocycles. The van der Waals surface area contributed by atoms with E-state index in [1.165, 1.54) is 12.1 Å². The third-order valence-corrected chi connectivity index (χ3v) is 2.95. The van der Waals surface area contributed by atoms with Gasteiger partial charge in [-0.15, -0.1) is 0 Å². The Bertz CT molecular complexity index is 352. The van der Waals surface area contributed by atoms with Gasteiger partial charge in [-0.3, -0.25) is 0 Å². The molecule has 0 aliphatic heterocycles. The highest BCUT2D eigenvalue weighted by molar-refractivity contribution is 5.27. The summed E-state index contributed by atoms with van der Waals surface area (Å²) in [6, 6.07) is 4.65. The monoisotopic (exact) mass is 240 g/mol. The fourth-order valence-corrected chi connectivity index (χ4v) is 1.93. The molecule has 2 unspecified atom stereocenters. The Morgan fingerprint density at radius 2 is 2.06 bits per heavy atom. The fraction of sp³-hybridized carbons (Fsp3) is 0.571. The molecule has 0 bridgehead atoms. The van der Waals surface area contributed by atoms with Crippen molar-refractivity contribution in [2.75, 3.05) is 6.61 Å². The molecule has 0 fully saturated rings. The zero-order valence-electron chi connectivity index (χ0n) is 10.7. The Kier molecular flexibility index (Phi) is 5.59. The van der Waals surface area contributed by atoms with Gasteiger partial charge in [0.2, 0.25) is 0 Å². The molecular formula is C14H21FO2. The molecular weight excluding hydrogens is 219 g/mol. The molecule has 1 N–H and O–H groups in total. The van der Waals surface area contributed by atoms with E-state index < -0.39 is 6.10 Å². The van der Waals surface area contributed by atoms with Crippen molar-refractivity contribution in [3.8, 4) is 0 Å². The molecule has 0 heterocycles. The minimum absolute atomic E-state index is 0.178. The molecule has 1 rings (SSSR count). The molecule has 0 saturated carbocycles. The molecule has 0 radical (unpaired) electrons. The van der Waals surface area contributed by atoms with Gasteiger partial charge in [0.15, 0.2) is 0 Å². The van der Waals surface area contributed by atoms with Crippen molar-refractivity contribution in [3.63, 3.8) is 0 Å². The topological polar surface area (TPSA) is 29.5 Å². The number of aryl methyl sites for hydroxylation is 1. The Hall–Kier alpha value is -0.930. The van der Waals surface area contributed by atoms with Crippen LogP contribution in [0, 0.1) is 12.7 Å². The van der Waals surface area contributed by atoms with Crippen LogP contribution in [0.15, 0.2) is 18.2 Å². The van der Waals surface area contributed by atoms with E-state index in [1.54, 1.807) is 6.07 Å². The summed E-state index contributed by atoms with van der Waals surface area (Å²) in [5.74, 6) is -0.262. The van der Waals surface area contributed by atoms with Gasteiger partial charge in [0, 0.05) is 13.0 Å². The average Bonchev–Trinajstić information content (AvgIpc) is 2.30. The van der Waals surface area contributed by atoms with Crippen molar-refractivity contribution < 1.29 is 14.2 Å². The summed E-state index contributed by atoms with van der Waals surface area (Å²) in [7, 11) is 0. The maximum Gasteiger partial charge on any atom is 0.123 e. The van der Waals surface area contributed by atoms with Gasteiger partial charge in [-0.25, -0.2) is 4.39 Å². The SMILES string of the molecule is CCOC(CC)C(O)Cc1cc(F)ccc1C. The number of benzene rings is 1. The quantitative estimate of drug-likeness (QED) is 0.828. The first kappa shape index (κ1) is 14.1. The highest BCUT2D eigenvalue weighted by atomic mass is 19.1. The molecule has 0 aromatic heterocycles. The molecule has 0 saturated heterocycles. The molecule has 3 heteroatoms. The molecule has 0 aliphatic carbocycles. The van der Waals surface area contributed by atoms with Gasteiger partial charge in [0.05, 0.1) is 12.2 Å². The Balaban J connectivity index is 2.72. The summed E-state index contributed by atoms with van der Waals surface area (Å²) in [4.78, 5) is 0. The lowest BCUT2D eigenvalue weighted by atomic mass is 9.98. The summed E-state index contributed by atoms with van der Waals surface area (Å²) in [6.07, 6.45) is 0.425. The Morgan fingerprint density at radius 1 is 1.35 bits per heavy atom. The summed E-state index contributed by atoms with van der Waals surface area (Å²) < 4.78 is 18.6. The van der Waals surface area contributed by atoms with E-state index in [1.807, 2.05) is 20.8 Å². The van der Waals surface area contributed by atoms with Crippen LogP contribution < -0.4 is 0 Å². The van der Waals surface area contributed by atoms with E-state index in [2.05, 4.69) is 0 Å². The third kappa shape index (κ3) is 4.10. The van der Waals surface area contributed by atoms with Crippen molar-refractivity contribution in [2.45, 2.75) is 45.8 Å². The summed E-state index contributed by atoms with van der Waals surface area (Å²) in [6.45, 7) is 6.38. The van der Waals surface area contributed by atoms with Crippen molar-refractivity contribution in [1.29, 1.82) is 0 Å². The number of rotatable bonds is 6. The minimum Gasteiger partial charge on any atom is -0.390 e. The largest absolute Gasteiger partial charge is 0.390 e. The predicted octanol–water partition coefficient (Wildman–Crippen LogP) is 2.85. The number of ether oxygens (including phenoxy) is 1. The van der Waals surface area contributed by atoms with Gasteiger partial charge < -0.3 is 9.84 Å². The van der Waals surface area contributed by atoms with Gasteiger partial charge >= 0.3 is 0 Å². The van der Waals surface area contributed by atoms with E-state index in [-0.39, 0.29) is 11.9 Å². The lowest BCUT2D eigenvalue weighted by molar-refractivity contribution is -0.0335. The van der Waals surface area contributed by atoms with Gasteiger partial charge in [0.1, 0.15) is 5.82 Å². The number of aliphatic hydroxyl groups excluding tert-OH is 1. The van der Waals surface area contributed by atoms with E-state index in [0.717, 1.165) is 17.5 Å². The standard InChI is InChI=1S/C14H21FO2/c1-4-14(17-5-2)13(16)9-11-8-12(15)7-6-10(11)3/h6-8,13-14,16H,4-5,9H2,1-3H3. The predicted molar refractivity (Wildman–Crippen MR) is 66.6 cm³/mol. The molecule has 2 nitrogen and oxygen atoms in total. The Morgan fingerprint density at radius 3 is 2.65 bits per heavy atom. The van der Waals surface area contributed by atoms with Crippen molar-refractivity contribution in [3.05, 3.63) is 35.1 Å². The van der Waals surface area contributed by atoms with Gasteiger partial charge in [-0.2, -0.15) is 0 Å². The molecule has 96 valence electrons. The third-order valence-electron chi connectivity index (χ3n) is 2.95. The van der Waals surface area contributed by atoms with Crippen LogP contribution in [-0.4, -0.2) is 23.9 Å². The van der Waals surface area contributed by atoms with Crippen LogP contribution >= 0.6 is 0 Å². The Labute approximate surface area is 102 Å². The van der Waals surface area contributed by atoms with Crippen molar-refractivity contribution >= 4 is 0 Å². The maximum absolute atomic E-state index is 13.1. The smallest absolute Gasteiger partial charge is 0.123 e. The second kappa shape index (κ2) is 6.72. The summed E-state index contributed by atoms with van der Waals surface area (Å²) in [5, 5.41) is 10.1. The highest BCUT2D eigenvalue weighted by Crippen LogP contribution is 2.16. The molecule has 0 spiro atoms. The first-order valence-electron chi connectivity index (χ1n) is 6.13. The number of hydrogen-bond acceptors (Lipinski definition) is 2. The van der Waals surface area contributed by atoms with Crippen LogP contribution in [0.4, 0.5) is 4.39 Å². The first-order chi connectivity index (χ1) is 8.08. The fourth-order valence-electron chi connectivity index (χ4n) is 1.93. The molecule has 0 amide bonds. The van der Waals surface area contributed by atoms with Crippen molar-refractivity contribution in [2.24, 2.45) is 0 Å². The van der Waals surface area contributed by atoms with E-state index in [4.69, 9.17) is 4.74 Å². The van der Waals surface area contributed by atoms with Gasteiger partial charge in [-0.1, -0.05) is 13.0 Å². The zero-order chi connectivity index (χ0) is 12.8. The normalized spacial score (nSPS) is 14.6. The molecule has 17 heavy (non-hydrogen) atoms. The van der Waals surface area contributed by atoms with Crippen LogP contribution in [-0.2, 0) is 11.2 Å². The minimum atomic E-state index is -0.583. The number of hydrogen-bond donors (Lipinski definition) is 1. The van der Waals surface area contributed by atoms with Crippen molar-refractivity contribution in [1.82, 2.24) is 0 Å². The lowest BCUT2D eigenvalue weighted by Gasteiger charge is -2.22. The maximum atomic E-state index is 13.1. The van der Waals surface area contributed by atoms with E-state index >= 15 is 0 Å². The van der Waals surface area contributed by atoms with E-state index in [9.17, 15) is 9.50 Å². The van der Waals surface area contributed by atoms with Gasteiger partial charge in [-0.05, 0) is 43.5 Å². The van der Waals surface area contributed by atoms with Crippen LogP contribution in [0.1, 0.15) is 31.4 Å². The lowest BCUT2D eigenvalue weighted by Crippen LogP contribution is -2.30. The number of aliphatic hydroxyl groups is 1. The second-order valence-corrected chi connectivity index (χ2v) is 4.24. The van der Waals surface area contributed by atoms with Crippen LogP contribution in [0.3, 0.4) is 0 Å². The van der Waals surface area contributed by atoms with Crippen LogP contribution in [0.25, 0.3) is 0 Å². The van der Waals surface area contributed by atoms with Gasteiger partial charge in [0.25, 0.3) is 0 Å². The molecule has 0 aliphatic rings. The van der Waals surface area contributed by atoms with E-state index in [0.29, 0.717) is 13.0 Å². The molecule has 1 aromatic rings.